The summed E-state index contributed by atoms with van der Waals surface area (Å²) < 4.78 is 12.3. The lowest BCUT2D eigenvalue weighted by molar-refractivity contribution is -0.384. The number of carbonyl (C=O) groups is 3. The molecule has 2 heterocycles. The van der Waals surface area contributed by atoms with E-state index in [2.05, 4.69) is 15.9 Å². The lowest BCUT2D eigenvalue weighted by Gasteiger charge is -2.22. The third-order valence-corrected chi connectivity index (χ3v) is 7.78. The first-order valence-electron chi connectivity index (χ1n) is 12.6. The Kier molecular flexibility index (Phi) is 9.63. The quantitative estimate of drug-likeness (QED) is 0.197. The van der Waals surface area contributed by atoms with Crippen LogP contribution in [0.4, 0.5) is 10.5 Å². The number of carbonyl (C=O) groups excluding carboxylic acids is 3. The van der Waals surface area contributed by atoms with Gasteiger partial charge in [0.1, 0.15) is 13.2 Å². The Morgan fingerprint density at radius 3 is 2.44 bits per heavy atom. The number of ether oxygens (including phenoxy) is 2. The molecule has 0 radical (unpaired) electrons. The maximum Gasteiger partial charge on any atom is 0.294 e. The molecule has 0 atom stereocenters. The molecule has 0 aliphatic carbocycles. The van der Waals surface area contributed by atoms with Gasteiger partial charge >= 0.3 is 0 Å². The molecule has 0 bridgehead atoms. The van der Waals surface area contributed by atoms with Crippen LogP contribution in [0.3, 0.4) is 0 Å². The molecule has 0 saturated carbocycles. The molecular weight excluding hydrogens is 590 g/mol. The van der Waals surface area contributed by atoms with Gasteiger partial charge in [-0.25, -0.2) is 0 Å². The molecular formula is C27H28BrN3O7S. The molecule has 10 nitrogen and oxygen atoms in total. The number of hydrogen-bond acceptors (Lipinski definition) is 8. The van der Waals surface area contributed by atoms with Crippen molar-refractivity contribution in [3.8, 4) is 11.5 Å². The highest BCUT2D eigenvalue weighted by Gasteiger charge is 2.37. The van der Waals surface area contributed by atoms with Gasteiger partial charge < -0.3 is 14.4 Å². The zero-order chi connectivity index (χ0) is 27.9. The fourth-order valence-corrected chi connectivity index (χ4v) is 5.70. The SMILES string of the molecule is CCOc1cc(C=C2SC(=O)N(CC(=O)N3CCCCCC3)C2=O)cc(Br)c1OCc1ccc([N+](=O)[O-])cc1. The molecule has 2 fully saturated rings. The number of non-ortho nitro benzene ring substituents is 1. The number of nitro benzene ring substituents is 1. The smallest absolute Gasteiger partial charge is 0.294 e. The summed E-state index contributed by atoms with van der Waals surface area (Å²) in [7, 11) is 0. The monoisotopic (exact) mass is 617 g/mol. The average molecular weight is 619 g/mol. The zero-order valence-corrected chi connectivity index (χ0v) is 23.8. The normalized spacial score (nSPS) is 16.9. The van der Waals surface area contributed by atoms with Crippen molar-refractivity contribution in [1.82, 2.24) is 9.80 Å². The highest BCUT2D eigenvalue weighted by molar-refractivity contribution is 9.10. The van der Waals surface area contributed by atoms with E-state index in [0.717, 1.165) is 47.9 Å². The molecule has 0 aromatic heterocycles. The summed E-state index contributed by atoms with van der Waals surface area (Å²) in [6.45, 7) is 3.38. The van der Waals surface area contributed by atoms with E-state index in [1.165, 1.54) is 12.1 Å². The van der Waals surface area contributed by atoms with E-state index in [1.807, 2.05) is 6.92 Å². The Labute approximate surface area is 238 Å². The van der Waals surface area contributed by atoms with Crippen molar-refractivity contribution in [2.45, 2.75) is 39.2 Å². The average Bonchev–Trinajstić information content (AvgIpc) is 3.09. The fraction of sp³-hybridized carbons (Fsp3) is 0.370. The minimum Gasteiger partial charge on any atom is -0.490 e. The molecule has 3 amide bonds. The molecule has 12 heteroatoms. The summed E-state index contributed by atoms with van der Waals surface area (Å²) in [5.74, 6) is 0.149. The standard InChI is InChI=1S/C27H28BrN3O7S/c1-2-37-22-14-19(13-21(28)25(22)38-17-18-7-9-20(10-8-18)31(35)36)15-23-26(33)30(27(34)39-23)16-24(32)29-11-5-3-4-6-12-29/h7-10,13-15H,2-6,11-12,16-17H2,1H3. The number of rotatable bonds is 9. The number of thioether (sulfide) groups is 1. The second-order valence-corrected chi connectivity index (χ2v) is 10.9. The van der Waals surface area contributed by atoms with Crippen molar-refractivity contribution >= 4 is 56.5 Å². The number of imide groups is 1. The Bertz CT molecular complexity index is 1290. The summed E-state index contributed by atoms with van der Waals surface area (Å²) in [4.78, 5) is 51.8. The van der Waals surface area contributed by atoms with Gasteiger partial charge in [0.25, 0.3) is 16.8 Å². The van der Waals surface area contributed by atoms with E-state index >= 15 is 0 Å². The summed E-state index contributed by atoms with van der Waals surface area (Å²) in [5, 5.41) is 10.4. The fourth-order valence-electron chi connectivity index (χ4n) is 4.29. The summed E-state index contributed by atoms with van der Waals surface area (Å²) >= 11 is 4.30. The van der Waals surface area contributed by atoms with Gasteiger partial charge in [-0.3, -0.25) is 29.4 Å². The van der Waals surface area contributed by atoms with Crippen LogP contribution in [0.2, 0.25) is 0 Å². The van der Waals surface area contributed by atoms with E-state index < -0.39 is 16.1 Å². The Hall–Kier alpha value is -3.38. The number of amides is 3. The van der Waals surface area contributed by atoms with Gasteiger partial charge in [-0.2, -0.15) is 0 Å². The Morgan fingerprint density at radius 2 is 1.79 bits per heavy atom. The van der Waals surface area contributed by atoms with Crippen molar-refractivity contribution in [3.63, 3.8) is 0 Å². The molecule has 0 spiro atoms. The van der Waals surface area contributed by atoms with Crippen LogP contribution < -0.4 is 9.47 Å². The molecule has 2 aliphatic rings. The van der Waals surface area contributed by atoms with Gasteiger partial charge in [-0.1, -0.05) is 12.8 Å². The van der Waals surface area contributed by atoms with Gasteiger partial charge in [0, 0.05) is 25.2 Å². The lowest BCUT2D eigenvalue weighted by Crippen LogP contribution is -2.42. The molecule has 2 aromatic carbocycles. The van der Waals surface area contributed by atoms with Crippen LogP contribution in [-0.2, 0) is 16.2 Å². The van der Waals surface area contributed by atoms with Gasteiger partial charge in [-0.15, -0.1) is 0 Å². The number of hydrogen-bond donors (Lipinski definition) is 0. The molecule has 4 rings (SSSR count). The third-order valence-electron chi connectivity index (χ3n) is 6.29. The summed E-state index contributed by atoms with van der Waals surface area (Å²) in [6, 6.07) is 9.51. The molecule has 2 saturated heterocycles. The predicted octanol–water partition coefficient (Wildman–Crippen LogP) is 5.77. The van der Waals surface area contributed by atoms with Crippen LogP contribution in [0.5, 0.6) is 11.5 Å². The molecule has 2 aromatic rings. The maximum absolute atomic E-state index is 13.0. The van der Waals surface area contributed by atoms with Crippen LogP contribution >= 0.6 is 27.7 Å². The topological polar surface area (TPSA) is 119 Å². The van der Waals surface area contributed by atoms with Gasteiger partial charge in [0.15, 0.2) is 11.5 Å². The zero-order valence-electron chi connectivity index (χ0n) is 21.4. The minimum absolute atomic E-state index is 0.00462. The first kappa shape index (κ1) is 28.6. The largest absolute Gasteiger partial charge is 0.490 e. The van der Waals surface area contributed by atoms with E-state index in [-0.39, 0.29) is 29.7 Å². The van der Waals surface area contributed by atoms with Gasteiger partial charge in [-0.05, 0) is 88.9 Å². The van der Waals surface area contributed by atoms with Crippen LogP contribution in [0.15, 0.2) is 45.8 Å². The van der Waals surface area contributed by atoms with Crippen LogP contribution in [0, 0.1) is 10.1 Å². The molecule has 0 unspecified atom stereocenters. The van der Waals surface area contributed by atoms with Crippen molar-refractivity contribution < 1.29 is 28.8 Å². The highest BCUT2D eigenvalue weighted by Crippen LogP contribution is 2.40. The predicted molar refractivity (Wildman–Crippen MR) is 150 cm³/mol. The van der Waals surface area contributed by atoms with E-state index in [1.54, 1.807) is 35.2 Å². The van der Waals surface area contributed by atoms with E-state index in [9.17, 15) is 24.5 Å². The number of benzene rings is 2. The second-order valence-electron chi connectivity index (χ2n) is 9.04. The number of nitrogens with zero attached hydrogens (tertiary/aromatic N) is 3. The molecule has 39 heavy (non-hydrogen) atoms. The number of nitro groups is 1. The lowest BCUT2D eigenvalue weighted by atomic mass is 10.1. The summed E-state index contributed by atoms with van der Waals surface area (Å²) in [5.41, 5.74) is 1.34. The first-order valence-corrected chi connectivity index (χ1v) is 14.2. The van der Waals surface area contributed by atoms with Crippen molar-refractivity contribution in [3.05, 3.63) is 67.0 Å². The van der Waals surface area contributed by atoms with Gasteiger partial charge in [0.2, 0.25) is 5.91 Å². The van der Waals surface area contributed by atoms with E-state index in [0.29, 0.717) is 41.2 Å². The molecule has 0 N–H and O–H groups in total. The molecule has 2 aliphatic heterocycles. The van der Waals surface area contributed by atoms with Gasteiger partial charge in [0.05, 0.1) is 20.9 Å². The number of halogens is 1. The van der Waals surface area contributed by atoms with Crippen LogP contribution in [-0.4, -0.2) is 58.0 Å². The van der Waals surface area contributed by atoms with Crippen molar-refractivity contribution in [2.24, 2.45) is 0 Å². The minimum atomic E-state index is -0.499. The van der Waals surface area contributed by atoms with Crippen molar-refractivity contribution in [1.29, 1.82) is 0 Å². The molecule has 206 valence electrons. The van der Waals surface area contributed by atoms with E-state index in [4.69, 9.17) is 9.47 Å². The Balaban J connectivity index is 1.48. The first-order chi connectivity index (χ1) is 18.8. The van der Waals surface area contributed by atoms with Crippen LogP contribution in [0.1, 0.15) is 43.7 Å². The second kappa shape index (κ2) is 13.1. The summed E-state index contributed by atoms with van der Waals surface area (Å²) in [6.07, 6.45) is 5.60. The van der Waals surface area contributed by atoms with Crippen molar-refractivity contribution in [2.75, 3.05) is 26.2 Å². The highest BCUT2D eigenvalue weighted by atomic mass is 79.9. The number of likely N-dealkylation sites (tertiary alicyclic amines) is 1. The third kappa shape index (κ3) is 7.18. The Morgan fingerprint density at radius 1 is 1.10 bits per heavy atom. The van der Waals surface area contributed by atoms with Crippen LogP contribution in [0.25, 0.3) is 6.08 Å². The maximum atomic E-state index is 13.0.